The molecule has 1 aromatic heterocycles. The van der Waals surface area contributed by atoms with E-state index in [0.717, 1.165) is 24.7 Å². The lowest BCUT2D eigenvalue weighted by Crippen LogP contribution is -2.25. The van der Waals surface area contributed by atoms with E-state index in [1.165, 1.54) is 24.3 Å². The van der Waals surface area contributed by atoms with Crippen molar-refractivity contribution < 1.29 is 5.11 Å². The van der Waals surface area contributed by atoms with Gasteiger partial charge in [-0.2, -0.15) is 11.8 Å². The molecule has 0 saturated carbocycles. The van der Waals surface area contributed by atoms with Gasteiger partial charge in [0.25, 0.3) is 0 Å². The maximum atomic E-state index is 8.77. The van der Waals surface area contributed by atoms with Crippen molar-refractivity contribution in [1.82, 2.24) is 20.3 Å². The van der Waals surface area contributed by atoms with Gasteiger partial charge in [0.15, 0.2) is 0 Å². The first-order chi connectivity index (χ1) is 8.38. The number of aliphatic hydroxyl groups is 1. The van der Waals surface area contributed by atoms with Crippen molar-refractivity contribution in [2.75, 3.05) is 24.7 Å². The quantitative estimate of drug-likeness (QED) is 0.776. The van der Waals surface area contributed by atoms with E-state index in [1.807, 2.05) is 6.20 Å². The molecule has 0 radical (unpaired) electrons. The van der Waals surface area contributed by atoms with Crippen LogP contribution in [0.1, 0.15) is 18.5 Å². The molecule has 17 heavy (non-hydrogen) atoms. The second kappa shape index (κ2) is 6.98. The van der Waals surface area contributed by atoms with Gasteiger partial charge in [-0.1, -0.05) is 5.21 Å². The molecule has 5 nitrogen and oxygen atoms in total. The Morgan fingerprint density at radius 3 is 3.06 bits per heavy atom. The lowest BCUT2D eigenvalue weighted by Gasteiger charge is -2.21. The van der Waals surface area contributed by atoms with E-state index in [0.29, 0.717) is 6.54 Å². The molecule has 0 bridgehead atoms. The lowest BCUT2D eigenvalue weighted by atomic mass is 10.0. The van der Waals surface area contributed by atoms with E-state index >= 15 is 0 Å². The van der Waals surface area contributed by atoms with Crippen molar-refractivity contribution in [3.8, 4) is 0 Å². The molecule has 0 spiro atoms. The summed E-state index contributed by atoms with van der Waals surface area (Å²) < 4.78 is 1.67. The zero-order chi connectivity index (χ0) is 11.9. The van der Waals surface area contributed by atoms with E-state index in [-0.39, 0.29) is 6.61 Å². The summed E-state index contributed by atoms with van der Waals surface area (Å²) in [5.41, 5.74) is 0.948. The zero-order valence-electron chi connectivity index (χ0n) is 10.0. The Kier molecular flexibility index (Phi) is 5.28. The van der Waals surface area contributed by atoms with Gasteiger partial charge in [0.05, 0.1) is 18.8 Å². The highest BCUT2D eigenvalue weighted by molar-refractivity contribution is 7.99. The largest absolute Gasteiger partial charge is 0.394 e. The molecule has 0 aliphatic carbocycles. The van der Waals surface area contributed by atoms with Crippen LogP contribution in [0.15, 0.2) is 6.20 Å². The van der Waals surface area contributed by atoms with Crippen LogP contribution in [0.25, 0.3) is 0 Å². The van der Waals surface area contributed by atoms with Gasteiger partial charge in [0.2, 0.25) is 0 Å². The first-order valence-corrected chi connectivity index (χ1v) is 7.32. The van der Waals surface area contributed by atoms with Crippen LogP contribution in [0, 0.1) is 5.92 Å². The van der Waals surface area contributed by atoms with Crippen molar-refractivity contribution in [3.63, 3.8) is 0 Å². The summed E-state index contributed by atoms with van der Waals surface area (Å²) >= 11 is 2.06. The minimum Gasteiger partial charge on any atom is -0.394 e. The molecule has 0 atom stereocenters. The molecular weight excluding hydrogens is 236 g/mol. The maximum absolute atomic E-state index is 8.77. The van der Waals surface area contributed by atoms with Crippen LogP contribution in [0.4, 0.5) is 0 Å². The maximum Gasteiger partial charge on any atom is 0.0964 e. The summed E-state index contributed by atoms with van der Waals surface area (Å²) in [6.45, 7) is 2.48. The smallest absolute Gasteiger partial charge is 0.0964 e. The predicted octanol–water partition coefficient (Wildman–Crippen LogP) is 0.503. The van der Waals surface area contributed by atoms with Gasteiger partial charge in [0.1, 0.15) is 0 Å². The summed E-state index contributed by atoms with van der Waals surface area (Å²) in [6.07, 6.45) is 4.55. The Morgan fingerprint density at radius 2 is 2.29 bits per heavy atom. The minimum absolute atomic E-state index is 0.107. The van der Waals surface area contributed by atoms with Crippen molar-refractivity contribution >= 4 is 11.8 Å². The fourth-order valence-corrected chi connectivity index (χ4v) is 3.19. The highest BCUT2D eigenvalue weighted by Crippen LogP contribution is 2.21. The van der Waals surface area contributed by atoms with Gasteiger partial charge in [-0.3, -0.25) is 0 Å². The van der Waals surface area contributed by atoms with Crippen LogP contribution in [-0.4, -0.2) is 44.8 Å². The molecule has 6 heteroatoms. The molecular formula is C11H20N4OS. The van der Waals surface area contributed by atoms with Gasteiger partial charge >= 0.3 is 0 Å². The predicted molar refractivity (Wildman–Crippen MR) is 68.9 cm³/mol. The number of nitrogens with zero attached hydrogens (tertiary/aromatic N) is 3. The lowest BCUT2D eigenvalue weighted by molar-refractivity contribution is 0.268. The number of rotatable bonds is 6. The SMILES string of the molecule is OCCn1cc(CNCC2CCSCC2)nn1. The van der Waals surface area contributed by atoms with Crippen LogP contribution < -0.4 is 5.32 Å². The Balaban J connectivity index is 1.66. The zero-order valence-corrected chi connectivity index (χ0v) is 10.8. The number of hydrogen-bond acceptors (Lipinski definition) is 5. The first kappa shape index (κ1) is 12.9. The third kappa shape index (κ3) is 4.29. The number of hydrogen-bond donors (Lipinski definition) is 2. The van der Waals surface area contributed by atoms with Gasteiger partial charge in [-0.25, -0.2) is 4.68 Å². The molecule has 1 aliphatic rings. The number of nitrogens with one attached hydrogen (secondary N) is 1. The van der Waals surface area contributed by atoms with E-state index in [1.54, 1.807) is 4.68 Å². The standard InChI is InChI=1S/C11H20N4OS/c16-4-3-15-9-11(13-14-15)8-12-7-10-1-5-17-6-2-10/h9-10,12,16H,1-8H2. The van der Waals surface area contributed by atoms with Crippen LogP contribution >= 0.6 is 11.8 Å². The molecule has 2 N–H and O–H groups in total. The molecule has 0 amide bonds. The van der Waals surface area contributed by atoms with Gasteiger partial charge in [-0.15, -0.1) is 5.10 Å². The van der Waals surface area contributed by atoms with E-state index in [4.69, 9.17) is 5.11 Å². The normalized spacial score (nSPS) is 17.5. The minimum atomic E-state index is 0.107. The Morgan fingerprint density at radius 1 is 1.47 bits per heavy atom. The summed E-state index contributed by atoms with van der Waals surface area (Å²) in [7, 11) is 0. The highest BCUT2D eigenvalue weighted by atomic mass is 32.2. The van der Waals surface area contributed by atoms with Crippen LogP contribution in [0.5, 0.6) is 0 Å². The molecule has 2 rings (SSSR count). The summed E-state index contributed by atoms with van der Waals surface area (Å²) in [6, 6.07) is 0. The number of aromatic nitrogens is 3. The average molecular weight is 256 g/mol. The third-order valence-electron chi connectivity index (χ3n) is 3.00. The monoisotopic (exact) mass is 256 g/mol. The van der Waals surface area contributed by atoms with Crippen LogP contribution in [0.3, 0.4) is 0 Å². The van der Waals surface area contributed by atoms with E-state index < -0.39 is 0 Å². The molecule has 0 unspecified atom stereocenters. The van der Waals surface area contributed by atoms with E-state index in [9.17, 15) is 0 Å². The first-order valence-electron chi connectivity index (χ1n) is 6.17. The van der Waals surface area contributed by atoms with Gasteiger partial charge in [-0.05, 0) is 36.8 Å². The van der Waals surface area contributed by atoms with Crippen molar-refractivity contribution in [1.29, 1.82) is 0 Å². The third-order valence-corrected chi connectivity index (χ3v) is 4.04. The number of thioether (sulfide) groups is 1. The second-order valence-electron chi connectivity index (χ2n) is 4.38. The molecule has 96 valence electrons. The topological polar surface area (TPSA) is 63.0 Å². The summed E-state index contributed by atoms with van der Waals surface area (Å²) in [4.78, 5) is 0. The Bertz CT molecular complexity index is 325. The highest BCUT2D eigenvalue weighted by Gasteiger charge is 2.13. The number of aliphatic hydroxyl groups excluding tert-OH is 1. The Labute approximate surface area is 106 Å². The van der Waals surface area contributed by atoms with Crippen LogP contribution in [-0.2, 0) is 13.1 Å². The van der Waals surface area contributed by atoms with Gasteiger partial charge in [0, 0.05) is 12.7 Å². The fourth-order valence-electron chi connectivity index (χ4n) is 1.99. The Hall–Kier alpha value is -0.590. The molecule has 1 aromatic rings. The molecule has 0 aromatic carbocycles. The van der Waals surface area contributed by atoms with Crippen LogP contribution in [0.2, 0.25) is 0 Å². The van der Waals surface area contributed by atoms with Crippen molar-refractivity contribution in [2.24, 2.45) is 5.92 Å². The molecule has 1 saturated heterocycles. The fraction of sp³-hybridized carbons (Fsp3) is 0.818. The molecule has 1 fully saturated rings. The molecule has 2 heterocycles. The summed E-state index contributed by atoms with van der Waals surface area (Å²) in [5, 5.41) is 20.2. The average Bonchev–Trinajstić information content (AvgIpc) is 2.79. The molecule has 1 aliphatic heterocycles. The van der Waals surface area contributed by atoms with Gasteiger partial charge < -0.3 is 10.4 Å². The second-order valence-corrected chi connectivity index (χ2v) is 5.61. The van der Waals surface area contributed by atoms with Crippen molar-refractivity contribution in [2.45, 2.75) is 25.9 Å². The summed E-state index contributed by atoms with van der Waals surface area (Å²) in [5.74, 6) is 3.43. The van der Waals surface area contributed by atoms with Crippen molar-refractivity contribution in [3.05, 3.63) is 11.9 Å². The van der Waals surface area contributed by atoms with E-state index in [2.05, 4.69) is 27.4 Å².